The highest BCUT2D eigenvalue weighted by Crippen LogP contribution is 2.50. The molecule has 0 aromatic heterocycles. The van der Waals surface area contributed by atoms with Crippen LogP contribution in [0.15, 0.2) is 0 Å². The van der Waals surface area contributed by atoms with Gasteiger partial charge in [0.05, 0.1) is 0 Å². The summed E-state index contributed by atoms with van der Waals surface area (Å²) in [5, 5.41) is 0. The Morgan fingerprint density at radius 3 is 1.31 bits per heavy atom. The molecule has 8 heteroatoms. The van der Waals surface area contributed by atoms with E-state index in [2.05, 4.69) is 87.4 Å². The molecule has 0 bridgehead atoms. The molecule has 0 radical (unpaired) electrons. The highest BCUT2D eigenvalue weighted by molar-refractivity contribution is 6.93. The Labute approximate surface area is 167 Å². The number of hydrogen-bond donors (Lipinski definition) is 0. The summed E-state index contributed by atoms with van der Waals surface area (Å²) in [7, 11) is -9.47. The first kappa shape index (κ1) is 24.7. The Kier molecular flexibility index (Phi) is 7.15. The summed E-state index contributed by atoms with van der Waals surface area (Å²) in [5.74, 6) is 0. The van der Waals surface area contributed by atoms with E-state index < -0.39 is 34.2 Å². The van der Waals surface area contributed by atoms with Crippen molar-refractivity contribution in [2.45, 2.75) is 106 Å². The molecule has 0 aromatic carbocycles. The Bertz CT molecular complexity index is 476. The molecule has 4 nitrogen and oxygen atoms in total. The van der Waals surface area contributed by atoms with Crippen LogP contribution >= 0.6 is 0 Å². The van der Waals surface area contributed by atoms with E-state index in [9.17, 15) is 0 Å². The zero-order chi connectivity index (χ0) is 20.8. The molecule has 1 aliphatic heterocycles. The molecule has 1 rings (SSSR count). The van der Waals surface area contributed by atoms with Crippen molar-refractivity contribution in [3.8, 4) is 0 Å². The summed E-state index contributed by atoms with van der Waals surface area (Å²) in [6.45, 7) is 29.1. The largest absolute Gasteiger partial charge is 0.416 e. The third-order valence-corrected chi connectivity index (χ3v) is 22.6. The lowest BCUT2D eigenvalue weighted by Crippen LogP contribution is -2.67. The summed E-state index contributed by atoms with van der Waals surface area (Å²) in [5.41, 5.74) is 0.739. The van der Waals surface area contributed by atoms with Crippen molar-refractivity contribution >= 4 is 34.2 Å². The molecule has 0 saturated carbocycles. The minimum atomic E-state index is -2.55. The molecule has 1 heterocycles. The van der Waals surface area contributed by atoms with Gasteiger partial charge in [0.1, 0.15) is 0 Å². The third kappa shape index (κ3) is 6.95. The molecule has 1 unspecified atom stereocenters. The van der Waals surface area contributed by atoms with E-state index in [1.807, 2.05) is 0 Å². The van der Waals surface area contributed by atoms with Gasteiger partial charge in [-0.25, -0.2) is 0 Å². The molecule has 1 atom stereocenters. The molecule has 1 fully saturated rings. The van der Waals surface area contributed by atoms with Gasteiger partial charge in [0.25, 0.3) is 0 Å². The van der Waals surface area contributed by atoms with Crippen molar-refractivity contribution < 1.29 is 16.5 Å². The molecule has 1 saturated heterocycles. The smallest absolute Gasteiger partial charge is 0.321 e. The van der Waals surface area contributed by atoms with Crippen LogP contribution in [0.2, 0.25) is 51.4 Å². The van der Waals surface area contributed by atoms with Crippen LogP contribution in [0.4, 0.5) is 0 Å². The van der Waals surface area contributed by atoms with Gasteiger partial charge in [-0.15, -0.1) is 0 Å². The van der Waals surface area contributed by atoms with E-state index in [1.165, 1.54) is 0 Å². The van der Waals surface area contributed by atoms with Crippen LogP contribution in [0.3, 0.4) is 0 Å². The highest BCUT2D eigenvalue weighted by Gasteiger charge is 2.58. The van der Waals surface area contributed by atoms with E-state index in [0.717, 1.165) is 12.8 Å². The number of hydrogen-bond acceptors (Lipinski definition) is 4. The van der Waals surface area contributed by atoms with Crippen molar-refractivity contribution in [2.75, 3.05) is 0 Å². The fourth-order valence-electron chi connectivity index (χ4n) is 4.36. The summed E-state index contributed by atoms with van der Waals surface area (Å²) < 4.78 is 27.0. The second kappa shape index (κ2) is 7.51. The zero-order valence-corrected chi connectivity index (χ0v) is 23.6. The first-order valence-electron chi connectivity index (χ1n) is 10.0. The van der Waals surface area contributed by atoms with Crippen molar-refractivity contribution in [3.05, 3.63) is 0 Å². The van der Waals surface area contributed by atoms with Gasteiger partial charge < -0.3 is 16.5 Å². The van der Waals surface area contributed by atoms with Crippen LogP contribution in [0.5, 0.6) is 0 Å². The van der Waals surface area contributed by atoms with Crippen molar-refractivity contribution in [3.63, 3.8) is 0 Å². The Balaban J connectivity index is 3.40. The van der Waals surface area contributed by atoms with Crippen LogP contribution in [0.25, 0.3) is 0 Å². The van der Waals surface area contributed by atoms with Gasteiger partial charge in [-0.1, -0.05) is 48.0 Å². The molecular weight excluding hydrogens is 393 g/mol. The minimum absolute atomic E-state index is 0.106. The van der Waals surface area contributed by atoms with Crippen LogP contribution < -0.4 is 0 Å². The quantitative estimate of drug-likeness (QED) is 0.472. The van der Waals surface area contributed by atoms with E-state index >= 15 is 0 Å². The maximum atomic E-state index is 6.94. The first-order chi connectivity index (χ1) is 11.2. The van der Waals surface area contributed by atoms with Gasteiger partial charge in [-0.3, -0.25) is 0 Å². The number of rotatable bonds is 4. The van der Waals surface area contributed by atoms with Crippen LogP contribution in [0.1, 0.15) is 54.4 Å². The molecular formula is C18H44O4Si4. The standard InChI is InChI=1S/C18H44O4Si4/c1-14-18(5,6)15-16(17(2,3)4)26(13)21-24(9,10)19-23(7,8)20-25(11,12)22-26/h16H,14-15H2,1-13H3. The lowest BCUT2D eigenvalue weighted by Gasteiger charge is -2.53. The van der Waals surface area contributed by atoms with Crippen LogP contribution in [-0.2, 0) is 16.5 Å². The van der Waals surface area contributed by atoms with Gasteiger partial charge in [-0.2, -0.15) is 0 Å². The molecule has 0 aromatic rings. The minimum Gasteiger partial charge on any atom is -0.416 e. The Hall–Kier alpha value is 0.708. The fraction of sp³-hybridized carbons (Fsp3) is 1.00. The molecule has 0 spiro atoms. The SMILES string of the molecule is CCC(C)(C)CC(C(C)(C)C)[Si]1(C)O[Si](C)(C)O[Si](C)(C)O[Si](C)(C)O1. The van der Waals surface area contributed by atoms with Gasteiger partial charge in [-0.05, 0) is 63.1 Å². The van der Waals surface area contributed by atoms with E-state index in [1.54, 1.807) is 0 Å². The third-order valence-electron chi connectivity index (χ3n) is 5.27. The maximum Gasteiger partial charge on any atom is 0.321 e. The summed E-state index contributed by atoms with van der Waals surface area (Å²) in [6, 6.07) is 0. The Morgan fingerprint density at radius 2 is 1.00 bits per heavy atom. The predicted octanol–water partition coefficient (Wildman–Crippen LogP) is 6.49. The van der Waals surface area contributed by atoms with Gasteiger partial charge in [0.2, 0.25) is 0 Å². The molecule has 1 aliphatic rings. The lowest BCUT2D eigenvalue weighted by atomic mass is 9.78. The van der Waals surface area contributed by atoms with E-state index in [4.69, 9.17) is 16.5 Å². The van der Waals surface area contributed by atoms with Crippen molar-refractivity contribution in [1.82, 2.24) is 0 Å². The van der Waals surface area contributed by atoms with Crippen LogP contribution in [0, 0.1) is 10.8 Å². The van der Waals surface area contributed by atoms with Crippen LogP contribution in [-0.4, -0.2) is 34.2 Å². The highest BCUT2D eigenvalue weighted by atomic mass is 28.5. The summed E-state index contributed by atoms with van der Waals surface area (Å²) in [6.07, 6.45) is 2.25. The van der Waals surface area contributed by atoms with E-state index in [0.29, 0.717) is 5.54 Å². The average molecular weight is 437 g/mol. The van der Waals surface area contributed by atoms with Crippen molar-refractivity contribution in [2.24, 2.45) is 10.8 Å². The molecule has 0 N–H and O–H groups in total. The molecule has 0 aliphatic carbocycles. The second-order valence-corrected chi connectivity index (χ2v) is 25.7. The van der Waals surface area contributed by atoms with E-state index in [-0.39, 0.29) is 10.8 Å². The topological polar surface area (TPSA) is 36.9 Å². The van der Waals surface area contributed by atoms with Gasteiger partial charge in [0, 0.05) is 5.54 Å². The normalized spacial score (nSPS) is 26.7. The lowest BCUT2D eigenvalue weighted by molar-refractivity contribution is 0.176. The maximum absolute atomic E-state index is 6.94. The second-order valence-electron chi connectivity index (χ2n) is 11.3. The molecule has 26 heavy (non-hydrogen) atoms. The zero-order valence-electron chi connectivity index (χ0n) is 19.6. The fourth-order valence-corrected chi connectivity index (χ4v) is 27.4. The molecule has 0 amide bonds. The Morgan fingerprint density at radius 1 is 0.654 bits per heavy atom. The van der Waals surface area contributed by atoms with Gasteiger partial charge in [0.15, 0.2) is 0 Å². The summed E-state index contributed by atoms with van der Waals surface area (Å²) in [4.78, 5) is 0. The monoisotopic (exact) mass is 436 g/mol. The van der Waals surface area contributed by atoms with Gasteiger partial charge >= 0.3 is 34.2 Å². The molecule has 156 valence electrons. The average Bonchev–Trinajstić information content (AvgIpc) is 2.28. The first-order valence-corrected chi connectivity index (χ1v) is 20.9. The van der Waals surface area contributed by atoms with Crippen molar-refractivity contribution in [1.29, 1.82) is 0 Å². The summed E-state index contributed by atoms with van der Waals surface area (Å²) >= 11 is 0. The predicted molar refractivity (Wildman–Crippen MR) is 120 cm³/mol.